The molecule has 0 spiro atoms. The number of benzene rings is 1. The number of nitriles is 1. The normalized spacial score (nSPS) is 17.6. The third kappa shape index (κ3) is 1.27. The molecule has 18 heavy (non-hydrogen) atoms. The molecule has 0 atom stereocenters. The molecule has 2 aromatic rings. The second-order valence-electron chi connectivity index (χ2n) is 4.73. The number of nitrogens with zero attached hydrogens (tertiary/aromatic N) is 1. The summed E-state index contributed by atoms with van der Waals surface area (Å²) >= 11 is 0. The van der Waals surface area contributed by atoms with Crippen molar-refractivity contribution in [2.45, 2.75) is 29.4 Å². The van der Waals surface area contributed by atoms with Crippen LogP contribution >= 0.6 is 0 Å². The van der Waals surface area contributed by atoms with Crippen molar-refractivity contribution in [2.75, 3.05) is 0 Å². The lowest BCUT2D eigenvalue weighted by Gasteiger charge is -2.08. The van der Waals surface area contributed by atoms with Gasteiger partial charge in [0.1, 0.15) is 0 Å². The van der Waals surface area contributed by atoms with Crippen molar-refractivity contribution in [1.82, 2.24) is 4.98 Å². The summed E-state index contributed by atoms with van der Waals surface area (Å²) < 4.78 is 24.0. The largest absolute Gasteiger partial charge is 0.358 e. The molecule has 1 aliphatic rings. The van der Waals surface area contributed by atoms with E-state index in [1.165, 1.54) is 0 Å². The number of nitrogens with one attached hydrogen (secondary N) is 1. The standard InChI is InChI=1S/C13H12N2O2S/c1-9-12(10-4-2-3-5-11(10)15-9)18(16,17)13(8-14)6-7-13/h2-5,15H,6-7H2,1H3. The van der Waals surface area contributed by atoms with E-state index in [2.05, 4.69) is 4.98 Å². The van der Waals surface area contributed by atoms with Crippen LogP contribution in [-0.4, -0.2) is 18.1 Å². The quantitative estimate of drug-likeness (QED) is 0.900. The highest BCUT2D eigenvalue weighted by molar-refractivity contribution is 7.93. The van der Waals surface area contributed by atoms with E-state index in [1.807, 2.05) is 18.2 Å². The minimum absolute atomic E-state index is 0.289. The van der Waals surface area contributed by atoms with Crippen molar-refractivity contribution in [3.8, 4) is 6.07 Å². The molecule has 1 aliphatic carbocycles. The number of fused-ring (bicyclic) bond motifs is 1. The molecule has 1 aromatic carbocycles. The Kier molecular flexibility index (Phi) is 2.11. The Labute approximate surface area is 105 Å². The molecule has 1 heterocycles. The lowest BCUT2D eigenvalue weighted by molar-refractivity contribution is 0.588. The first kappa shape index (κ1) is 11.3. The van der Waals surface area contributed by atoms with Gasteiger partial charge in [0.15, 0.2) is 14.6 Å². The SMILES string of the molecule is Cc1[nH]c2ccccc2c1S(=O)(=O)C1(C#N)CC1. The minimum Gasteiger partial charge on any atom is -0.358 e. The highest BCUT2D eigenvalue weighted by atomic mass is 32.2. The third-order valence-electron chi connectivity index (χ3n) is 3.53. The Bertz CT molecular complexity index is 777. The van der Waals surface area contributed by atoms with E-state index in [9.17, 15) is 8.42 Å². The number of hydrogen-bond acceptors (Lipinski definition) is 3. The van der Waals surface area contributed by atoms with Gasteiger partial charge in [-0.3, -0.25) is 0 Å². The van der Waals surface area contributed by atoms with Crippen molar-refractivity contribution in [2.24, 2.45) is 0 Å². The zero-order valence-electron chi connectivity index (χ0n) is 9.90. The van der Waals surface area contributed by atoms with Crippen LogP contribution in [0.3, 0.4) is 0 Å². The predicted octanol–water partition coefficient (Wildman–Crippen LogP) is 2.31. The molecule has 0 aliphatic heterocycles. The van der Waals surface area contributed by atoms with E-state index in [-0.39, 0.29) is 4.90 Å². The predicted molar refractivity (Wildman–Crippen MR) is 67.8 cm³/mol. The topological polar surface area (TPSA) is 73.7 Å². The summed E-state index contributed by atoms with van der Waals surface area (Å²) in [7, 11) is -3.58. The average molecular weight is 260 g/mol. The van der Waals surface area contributed by atoms with Gasteiger partial charge in [-0.15, -0.1) is 0 Å². The summed E-state index contributed by atoms with van der Waals surface area (Å²) in [5.41, 5.74) is 1.40. The van der Waals surface area contributed by atoms with Crippen molar-refractivity contribution >= 4 is 20.7 Å². The molecule has 1 N–H and O–H groups in total. The molecule has 3 rings (SSSR count). The number of rotatable bonds is 2. The molecule has 5 heteroatoms. The van der Waals surface area contributed by atoms with Crippen molar-refractivity contribution in [3.05, 3.63) is 30.0 Å². The van der Waals surface area contributed by atoms with Gasteiger partial charge in [0.25, 0.3) is 0 Å². The number of aromatic nitrogens is 1. The molecule has 1 aromatic heterocycles. The van der Waals surface area contributed by atoms with Crippen LogP contribution in [0.2, 0.25) is 0 Å². The zero-order chi connectivity index (χ0) is 13.0. The summed E-state index contributed by atoms with van der Waals surface area (Å²) in [5, 5.41) is 9.79. The second-order valence-corrected chi connectivity index (χ2v) is 6.93. The first-order chi connectivity index (χ1) is 8.52. The number of H-pyrrole nitrogens is 1. The third-order valence-corrected chi connectivity index (χ3v) is 6.12. The van der Waals surface area contributed by atoms with Crippen LogP contribution in [0.5, 0.6) is 0 Å². The maximum atomic E-state index is 12.6. The van der Waals surface area contributed by atoms with Crippen LogP contribution in [0.1, 0.15) is 18.5 Å². The number of aromatic amines is 1. The zero-order valence-corrected chi connectivity index (χ0v) is 10.7. The minimum atomic E-state index is -3.58. The van der Waals surface area contributed by atoms with Gasteiger partial charge in [-0.25, -0.2) is 8.42 Å². The van der Waals surface area contributed by atoms with Gasteiger partial charge in [0, 0.05) is 16.6 Å². The summed E-state index contributed by atoms with van der Waals surface area (Å²) in [6, 6.07) is 9.25. The van der Waals surface area contributed by atoms with Crippen molar-refractivity contribution < 1.29 is 8.42 Å². The summed E-state index contributed by atoms with van der Waals surface area (Å²) in [6.45, 7) is 1.74. The highest BCUT2D eigenvalue weighted by Gasteiger charge is 2.57. The highest BCUT2D eigenvalue weighted by Crippen LogP contribution is 2.48. The van der Waals surface area contributed by atoms with Gasteiger partial charge in [0.2, 0.25) is 0 Å². The van der Waals surface area contributed by atoms with Crippen LogP contribution in [0.25, 0.3) is 10.9 Å². The van der Waals surface area contributed by atoms with Gasteiger partial charge < -0.3 is 4.98 Å². The Morgan fingerprint density at radius 1 is 1.33 bits per heavy atom. The maximum absolute atomic E-state index is 12.6. The van der Waals surface area contributed by atoms with E-state index < -0.39 is 14.6 Å². The van der Waals surface area contributed by atoms with Crippen LogP contribution in [0.15, 0.2) is 29.2 Å². The molecular weight excluding hydrogens is 248 g/mol. The fourth-order valence-electron chi connectivity index (χ4n) is 2.35. The molecule has 0 unspecified atom stereocenters. The summed E-state index contributed by atoms with van der Waals surface area (Å²) in [5.74, 6) is 0. The smallest absolute Gasteiger partial charge is 0.199 e. The Morgan fingerprint density at radius 3 is 2.61 bits per heavy atom. The van der Waals surface area contributed by atoms with E-state index in [0.717, 1.165) is 5.52 Å². The molecule has 1 fully saturated rings. The van der Waals surface area contributed by atoms with Crippen LogP contribution in [0, 0.1) is 18.3 Å². The fourth-order valence-corrected chi connectivity index (χ4v) is 4.42. The molecule has 0 radical (unpaired) electrons. The van der Waals surface area contributed by atoms with Gasteiger partial charge in [-0.1, -0.05) is 18.2 Å². The molecule has 0 saturated heterocycles. The molecule has 0 bridgehead atoms. The van der Waals surface area contributed by atoms with Gasteiger partial charge in [-0.2, -0.15) is 5.26 Å². The first-order valence-corrected chi connectivity index (χ1v) is 7.23. The maximum Gasteiger partial charge on any atom is 0.199 e. The number of sulfone groups is 1. The number of aryl methyl sites for hydroxylation is 1. The van der Waals surface area contributed by atoms with E-state index >= 15 is 0 Å². The Morgan fingerprint density at radius 2 is 2.00 bits per heavy atom. The van der Waals surface area contributed by atoms with Gasteiger partial charge in [-0.05, 0) is 25.8 Å². The fraction of sp³-hybridized carbons (Fsp3) is 0.308. The first-order valence-electron chi connectivity index (χ1n) is 5.75. The average Bonchev–Trinajstić information content (AvgIpc) is 3.06. The lowest BCUT2D eigenvalue weighted by Crippen LogP contribution is -2.21. The van der Waals surface area contributed by atoms with Crippen molar-refractivity contribution in [1.29, 1.82) is 5.26 Å². The molecule has 1 saturated carbocycles. The monoisotopic (exact) mass is 260 g/mol. The van der Waals surface area contributed by atoms with Crippen LogP contribution < -0.4 is 0 Å². The Balaban J connectivity index is 2.34. The molecule has 0 amide bonds. The van der Waals surface area contributed by atoms with Crippen molar-refractivity contribution in [3.63, 3.8) is 0 Å². The van der Waals surface area contributed by atoms with Gasteiger partial charge >= 0.3 is 0 Å². The van der Waals surface area contributed by atoms with E-state index in [1.54, 1.807) is 19.1 Å². The second kappa shape index (κ2) is 3.36. The Hall–Kier alpha value is -1.80. The molecular formula is C13H12N2O2S. The molecule has 92 valence electrons. The van der Waals surface area contributed by atoms with Crippen LogP contribution in [0.4, 0.5) is 0 Å². The van der Waals surface area contributed by atoms with E-state index in [4.69, 9.17) is 5.26 Å². The van der Waals surface area contributed by atoms with Gasteiger partial charge in [0.05, 0.1) is 11.0 Å². The molecule has 4 nitrogen and oxygen atoms in total. The lowest BCUT2D eigenvalue weighted by atomic mass is 10.2. The summed E-state index contributed by atoms with van der Waals surface area (Å²) in [4.78, 5) is 3.36. The van der Waals surface area contributed by atoms with Crippen LogP contribution in [-0.2, 0) is 9.84 Å². The summed E-state index contributed by atoms with van der Waals surface area (Å²) in [6.07, 6.45) is 0.871. The van der Waals surface area contributed by atoms with E-state index in [0.29, 0.717) is 23.9 Å². The number of hydrogen-bond donors (Lipinski definition) is 1. The number of para-hydroxylation sites is 1.